The van der Waals surface area contributed by atoms with E-state index in [2.05, 4.69) is 30.9 Å². The first-order valence-corrected chi connectivity index (χ1v) is 9.86. The van der Waals surface area contributed by atoms with Crippen molar-refractivity contribution in [1.82, 2.24) is 19.5 Å². The number of hydrogen-bond donors (Lipinski definition) is 2. The normalized spacial score (nSPS) is 11.1. The van der Waals surface area contributed by atoms with Crippen LogP contribution in [0.5, 0.6) is 5.75 Å². The molecule has 142 valence electrons. The molecule has 2 aromatic heterocycles. The van der Waals surface area contributed by atoms with E-state index in [1.54, 1.807) is 29.1 Å². The second kappa shape index (κ2) is 7.95. The lowest BCUT2D eigenvalue weighted by Crippen LogP contribution is -2.13. The topological polar surface area (TPSA) is 79.6 Å². The van der Waals surface area contributed by atoms with Crippen LogP contribution in [0.4, 0.5) is 0 Å². The standard InChI is InChI=1S/C19H14BrCl2N5O/c20-11-4-6-12(7-5-11)28-9-16-25-17-18(23)24-10-27(19(17)26-16)8-13-14(21)2-1-3-15(13)22/h1-7,10,23H,8-9H2,(H,25,26). The molecule has 0 saturated carbocycles. The Morgan fingerprint density at radius 3 is 2.54 bits per heavy atom. The smallest absolute Gasteiger partial charge is 0.173 e. The van der Waals surface area contributed by atoms with Crippen molar-refractivity contribution in [2.45, 2.75) is 13.2 Å². The highest BCUT2D eigenvalue weighted by molar-refractivity contribution is 9.10. The van der Waals surface area contributed by atoms with Crippen LogP contribution in [0.1, 0.15) is 11.4 Å². The Balaban J connectivity index is 1.65. The second-order valence-corrected chi connectivity index (χ2v) is 7.78. The SMILES string of the molecule is N=c1ncn(Cc2c(Cl)cccc2Cl)c2nc(COc3ccc(Br)cc3)[nH]c12. The molecule has 0 amide bonds. The number of ether oxygens (including phenoxy) is 1. The fraction of sp³-hybridized carbons (Fsp3) is 0.105. The van der Waals surface area contributed by atoms with Gasteiger partial charge in [-0.3, -0.25) is 5.41 Å². The van der Waals surface area contributed by atoms with Crippen molar-refractivity contribution >= 4 is 50.3 Å². The summed E-state index contributed by atoms with van der Waals surface area (Å²) >= 11 is 16.0. The zero-order chi connectivity index (χ0) is 19.7. The molecule has 2 aromatic carbocycles. The molecule has 6 nitrogen and oxygen atoms in total. The molecular formula is C19H14BrCl2N5O. The first-order valence-electron chi connectivity index (χ1n) is 8.31. The first kappa shape index (κ1) is 19.0. The maximum absolute atomic E-state index is 8.06. The van der Waals surface area contributed by atoms with Gasteiger partial charge in [-0.1, -0.05) is 45.2 Å². The summed E-state index contributed by atoms with van der Waals surface area (Å²) in [6.07, 6.45) is 1.56. The number of hydrogen-bond acceptors (Lipinski definition) is 4. The Labute approximate surface area is 178 Å². The Bertz CT molecular complexity index is 1180. The van der Waals surface area contributed by atoms with E-state index >= 15 is 0 Å². The van der Waals surface area contributed by atoms with Crippen molar-refractivity contribution in [3.8, 4) is 5.75 Å². The van der Waals surface area contributed by atoms with Gasteiger partial charge < -0.3 is 14.3 Å². The number of nitrogens with zero attached hydrogens (tertiary/aromatic N) is 3. The second-order valence-electron chi connectivity index (χ2n) is 6.05. The molecule has 0 bridgehead atoms. The fourth-order valence-corrected chi connectivity index (χ4v) is 3.53. The lowest BCUT2D eigenvalue weighted by atomic mass is 10.2. The highest BCUT2D eigenvalue weighted by atomic mass is 79.9. The first-order chi connectivity index (χ1) is 13.5. The Morgan fingerprint density at radius 1 is 1.11 bits per heavy atom. The van der Waals surface area contributed by atoms with E-state index in [0.717, 1.165) is 15.8 Å². The van der Waals surface area contributed by atoms with Crippen LogP contribution in [-0.4, -0.2) is 19.5 Å². The molecule has 4 rings (SSSR count). The van der Waals surface area contributed by atoms with E-state index in [1.807, 2.05) is 24.3 Å². The Hall–Kier alpha value is -2.35. The number of aromatic nitrogens is 4. The van der Waals surface area contributed by atoms with E-state index in [1.165, 1.54) is 0 Å². The number of aromatic amines is 1. The number of halogens is 3. The van der Waals surface area contributed by atoms with Crippen molar-refractivity contribution in [3.05, 3.63) is 80.2 Å². The summed E-state index contributed by atoms with van der Waals surface area (Å²) in [5, 5.41) is 9.20. The van der Waals surface area contributed by atoms with Crippen LogP contribution < -0.4 is 10.2 Å². The molecule has 0 radical (unpaired) electrons. The minimum atomic E-state index is 0.110. The fourth-order valence-electron chi connectivity index (χ4n) is 2.75. The van der Waals surface area contributed by atoms with Gasteiger partial charge in [0.15, 0.2) is 11.1 Å². The largest absolute Gasteiger partial charge is 0.486 e. The van der Waals surface area contributed by atoms with Crippen LogP contribution >= 0.6 is 39.1 Å². The number of rotatable bonds is 5. The van der Waals surface area contributed by atoms with Crippen molar-refractivity contribution in [2.75, 3.05) is 0 Å². The predicted octanol–water partition coefficient (Wildman–Crippen LogP) is 4.94. The molecule has 9 heteroatoms. The summed E-state index contributed by atoms with van der Waals surface area (Å²) in [4.78, 5) is 11.8. The highest BCUT2D eigenvalue weighted by Crippen LogP contribution is 2.26. The molecule has 0 aliphatic heterocycles. The third-order valence-corrected chi connectivity index (χ3v) is 5.39. The summed E-state index contributed by atoms with van der Waals surface area (Å²) < 4.78 is 8.55. The molecular weight excluding hydrogens is 465 g/mol. The molecule has 0 fully saturated rings. The van der Waals surface area contributed by atoms with Crippen LogP contribution in [0.25, 0.3) is 11.2 Å². The number of benzene rings is 2. The van der Waals surface area contributed by atoms with Crippen molar-refractivity contribution in [3.63, 3.8) is 0 Å². The van der Waals surface area contributed by atoms with Gasteiger partial charge in [0.1, 0.15) is 23.7 Å². The average Bonchev–Trinajstić information content (AvgIpc) is 3.11. The monoisotopic (exact) mass is 477 g/mol. The minimum absolute atomic E-state index is 0.110. The van der Waals surface area contributed by atoms with Gasteiger partial charge in [-0.15, -0.1) is 0 Å². The van der Waals surface area contributed by atoms with Crippen LogP contribution in [0.15, 0.2) is 53.3 Å². The van der Waals surface area contributed by atoms with Crippen molar-refractivity contribution in [1.29, 1.82) is 5.41 Å². The van der Waals surface area contributed by atoms with Gasteiger partial charge in [0.25, 0.3) is 0 Å². The number of H-pyrrole nitrogens is 1. The van der Waals surface area contributed by atoms with Gasteiger partial charge in [-0.2, -0.15) is 0 Å². The van der Waals surface area contributed by atoms with Crippen LogP contribution in [0, 0.1) is 5.41 Å². The summed E-state index contributed by atoms with van der Waals surface area (Å²) in [7, 11) is 0. The molecule has 0 saturated heterocycles. The number of nitrogens with one attached hydrogen (secondary N) is 2. The third-order valence-electron chi connectivity index (χ3n) is 4.15. The van der Waals surface area contributed by atoms with Gasteiger partial charge in [0, 0.05) is 20.1 Å². The number of imidazole rings is 1. The number of fused-ring (bicyclic) bond motifs is 1. The van der Waals surface area contributed by atoms with Gasteiger partial charge >= 0.3 is 0 Å². The summed E-state index contributed by atoms with van der Waals surface area (Å²) in [6, 6.07) is 12.9. The molecule has 0 aliphatic rings. The summed E-state index contributed by atoms with van der Waals surface area (Å²) in [5.74, 6) is 1.32. The lowest BCUT2D eigenvalue weighted by Gasteiger charge is -2.10. The quantitative estimate of drug-likeness (QED) is 0.426. The maximum Gasteiger partial charge on any atom is 0.173 e. The van der Waals surface area contributed by atoms with Crippen LogP contribution in [0.2, 0.25) is 10.0 Å². The molecule has 0 unspecified atom stereocenters. The highest BCUT2D eigenvalue weighted by Gasteiger charge is 2.13. The van der Waals surface area contributed by atoms with E-state index in [0.29, 0.717) is 33.6 Å². The lowest BCUT2D eigenvalue weighted by molar-refractivity contribution is 0.297. The van der Waals surface area contributed by atoms with E-state index in [4.69, 9.17) is 33.3 Å². The van der Waals surface area contributed by atoms with Crippen molar-refractivity contribution in [2.24, 2.45) is 0 Å². The van der Waals surface area contributed by atoms with E-state index in [-0.39, 0.29) is 12.1 Å². The van der Waals surface area contributed by atoms with Gasteiger partial charge in [-0.25, -0.2) is 9.97 Å². The average molecular weight is 479 g/mol. The Morgan fingerprint density at radius 2 is 1.82 bits per heavy atom. The zero-order valence-electron chi connectivity index (χ0n) is 14.4. The molecule has 28 heavy (non-hydrogen) atoms. The minimum Gasteiger partial charge on any atom is -0.486 e. The zero-order valence-corrected chi connectivity index (χ0v) is 17.5. The van der Waals surface area contributed by atoms with Crippen LogP contribution in [-0.2, 0) is 13.2 Å². The van der Waals surface area contributed by atoms with E-state index in [9.17, 15) is 0 Å². The Kier molecular flexibility index (Phi) is 5.39. The van der Waals surface area contributed by atoms with E-state index < -0.39 is 0 Å². The van der Waals surface area contributed by atoms with Gasteiger partial charge in [-0.05, 0) is 36.4 Å². The van der Waals surface area contributed by atoms with Crippen molar-refractivity contribution < 1.29 is 4.74 Å². The third kappa shape index (κ3) is 3.92. The molecule has 2 N–H and O–H groups in total. The van der Waals surface area contributed by atoms with Gasteiger partial charge in [0.05, 0.1) is 12.9 Å². The molecule has 0 spiro atoms. The maximum atomic E-state index is 8.06. The summed E-state index contributed by atoms with van der Waals surface area (Å²) in [6.45, 7) is 0.628. The van der Waals surface area contributed by atoms with Gasteiger partial charge in [0.2, 0.25) is 0 Å². The molecule has 2 heterocycles. The predicted molar refractivity (Wildman–Crippen MR) is 112 cm³/mol. The molecule has 4 aromatic rings. The van der Waals surface area contributed by atoms with Crippen LogP contribution in [0.3, 0.4) is 0 Å². The summed E-state index contributed by atoms with van der Waals surface area (Å²) in [5.41, 5.74) is 2.00. The molecule has 0 atom stereocenters. The molecule has 0 aliphatic carbocycles.